The van der Waals surface area contributed by atoms with Crippen molar-refractivity contribution in [3.05, 3.63) is 100 Å². The number of anilines is 2. The molecule has 0 radical (unpaired) electrons. The molecule has 0 aliphatic rings. The number of nitro benzene ring substituents is 1. The minimum absolute atomic E-state index is 0.0242. The minimum Gasteiger partial charge on any atom is -0.496 e. The van der Waals surface area contributed by atoms with Crippen molar-refractivity contribution in [2.75, 3.05) is 24.4 Å². The van der Waals surface area contributed by atoms with Crippen LogP contribution in [0.2, 0.25) is 0 Å². The summed E-state index contributed by atoms with van der Waals surface area (Å²) >= 11 is 1.45. The van der Waals surface area contributed by atoms with Gasteiger partial charge in [0, 0.05) is 29.8 Å². The number of benzene rings is 3. The van der Waals surface area contributed by atoms with Gasteiger partial charge >= 0.3 is 0 Å². The fraction of sp³-hybridized carbons (Fsp3) is 0.148. The van der Waals surface area contributed by atoms with Crippen LogP contribution >= 0.6 is 11.8 Å². The van der Waals surface area contributed by atoms with Crippen LogP contribution in [0.1, 0.15) is 18.1 Å². The summed E-state index contributed by atoms with van der Waals surface area (Å²) in [5.41, 5.74) is 4.65. The number of hydrogen-bond donors (Lipinski definition) is 2. The molecule has 41 heavy (non-hydrogen) atoms. The summed E-state index contributed by atoms with van der Waals surface area (Å²) < 4.78 is 39.0. The number of nitrogens with zero attached hydrogens (tertiary/aromatic N) is 4. The summed E-state index contributed by atoms with van der Waals surface area (Å²) in [4.78, 5) is 19.3. The SMILES string of the molecule is COc1ccc(/C(C)=N/Nc2ccc(S(=O)(=O)Nc3ccccc3OC)cc2[N+](=O)[O-])cc1CSc1ncccn1. The molecule has 0 aliphatic heterocycles. The van der Waals surface area contributed by atoms with Crippen molar-refractivity contribution in [1.29, 1.82) is 0 Å². The van der Waals surface area contributed by atoms with Gasteiger partial charge in [0.25, 0.3) is 15.7 Å². The van der Waals surface area contributed by atoms with E-state index in [9.17, 15) is 18.5 Å². The van der Waals surface area contributed by atoms with Crippen LogP contribution < -0.4 is 19.6 Å². The molecule has 0 fully saturated rings. The number of rotatable bonds is 12. The molecule has 14 heteroatoms. The molecule has 0 spiro atoms. The van der Waals surface area contributed by atoms with Crippen LogP contribution in [0.4, 0.5) is 17.1 Å². The number of sulfonamides is 1. The van der Waals surface area contributed by atoms with Gasteiger partial charge in [-0.25, -0.2) is 18.4 Å². The van der Waals surface area contributed by atoms with Crippen LogP contribution in [-0.4, -0.2) is 43.2 Å². The highest BCUT2D eigenvalue weighted by Gasteiger charge is 2.22. The maximum absolute atomic E-state index is 13.0. The number of ether oxygens (including phenoxy) is 2. The van der Waals surface area contributed by atoms with Crippen LogP contribution in [0.15, 0.2) is 94.3 Å². The number of thioether (sulfide) groups is 1. The molecule has 4 aromatic rings. The second kappa shape index (κ2) is 13.1. The standard InChI is InChI=1S/C27H26N6O6S2/c1-18(19-9-12-25(38-2)20(15-19)17-40-27-28-13-6-14-29-27)30-31-22-11-10-21(16-24(22)33(34)35)41(36,37)32-23-7-4-5-8-26(23)39-3/h4-16,31-32H,17H2,1-3H3/b30-18+. The predicted molar refractivity (Wildman–Crippen MR) is 157 cm³/mol. The van der Waals surface area contributed by atoms with E-state index in [4.69, 9.17) is 9.47 Å². The summed E-state index contributed by atoms with van der Waals surface area (Å²) in [7, 11) is -1.16. The number of hydrogen-bond acceptors (Lipinski definition) is 11. The normalized spacial score (nSPS) is 11.5. The van der Waals surface area contributed by atoms with Gasteiger partial charge in [-0.15, -0.1) is 0 Å². The van der Waals surface area contributed by atoms with Crippen LogP contribution in [-0.2, 0) is 15.8 Å². The Balaban J connectivity index is 1.55. The first-order chi connectivity index (χ1) is 19.7. The lowest BCUT2D eigenvalue weighted by Gasteiger charge is -2.12. The Bertz CT molecular complexity index is 1680. The van der Waals surface area contributed by atoms with Crippen molar-refractivity contribution in [3.63, 3.8) is 0 Å². The molecule has 0 amide bonds. The van der Waals surface area contributed by atoms with Gasteiger partial charge in [0.05, 0.1) is 35.4 Å². The van der Waals surface area contributed by atoms with E-state index in [-0.39, 0.29) is 16.3 Å². The molecule has 212 valence electrons. The quantitative estimate of drug-likeness (QED) is 0.0722. The van der Waals surface area contributed by atoms with Crippen LogP contribution in [0.5, 0.6) is 11.5 Å². The van der Waals surface area contributed by atoms with Gasteiger partial charge in [0.15, 0.2) is 5.16 Å². The van der Waals surface area contributed by atoms with E-state index in [0.717, 1.165) is 17.2 Å². The van der Waals surface area contributed by atoms with E-state index in [1.54, 1.807) is 50.7 Å². The first-order valence-corrected chi connectivity index (χ1v) is 14.5. The zero-order valence-corrected chi connectivity index (χ0v) is 23.9. The Kier molecular flexibility index (Phi) is 9.37. The van der Waals surface area contributed by atoms with Gasteiger partial charge < -0.3 is 9.47 Å². The van der Waals surface area contributed by atoms with Crippen LogP contribution in [0, 0.1) is 10.1 Å². The number of nitrogens with one attached hydrogen (secondary N) is 2. The number of methoxy groups -OCH3 is 2. The molecule has 0 saturated heterocycles. The van der Waals surface area contributed by atoms with Gasteiger partial charge in [0.2, 0.25) is 0 Å². The molecule has 0 aliphatic carbocycles. The van der Waals surface area contributed by atoms with Gasteiger partial charge in [-0.3, -0.25) is 20.3 Å². The van der Waals surface area contributed by atoms with Crippen molar-refractivity contribution in [3.8, 4) is 11.5 Å². The van der Waals surface area contributed by atoms with Gasteiger partial charge in [-0.05, 0) is 61.0 Å². The number of para-hydroxylation sites is 2. The van der Waals surface area contributed by atoms with Crippen molar-refractivity contribution in [2.24, 2.45) is 5.10 Å². The first-order valence-electron chi connectivity index (χ1n) is 12.0. The molecular weight excluding hydrogens is 568 g/mol. The van der Waals surface area contributed by atoms with E-state index in [1.165, 1.54) is 37.1 Å². The largest absolute Gasteiger partial charge is 0.496 e. The van der Waals surface area contributed by atoms with Crippen molar-refractivity contribution in [1.82, 2.24) is 9.97 Å². The lowest BCUT2D eigenvalue weighted by atomic mass is 10.1. The molecule has 0 bridgehead atoms. The fourth-order valence-corrected chi connectivity index (χ4v) is 5.56. The van der Waals surface area contributed by atoms with E-state index in [0.29, 0.717) is 28.1 Å². The lowest BCUT2D eigenvalue weighted by Crippen LogP contribution is -2.14. The smallest absolute Gasteiger partial charge is 0.295 e. The van der Waals surface area contributed by atoms with Crippen molar-refractivity contribution >= 4 is 44.6 Å². The first kappa shape index (κ1) is 29.3. The molecule has 4 rings (SSSR count). The molecule has 1 aromatic heterocycles. The maximum Gasteiger partial charge on any atom is 0.295 e. The van der Waals surface area contributed by atoms with Crippen molar-refractivity contribution in [2.45, 2.75) is 22.7 Å². The highest BCUT2D eigenvalue weighted by molar-refractivity contribution is 7.98. The number of aromatic nitrogens is 2. The van der Waals surface area contributed by atoms with Crippen LogP contribution in [0.3, 0.4) is 0 Å². The molecule has 1 heterocycles. The van der Waals surface area contributed by atoms with Gasteiger partial charge in [-0.2, -0.15) is 5.10 Å². The second-order valence-electron chi connectivity index (χ2n) is 8.40. The predicted octanol–water partition coefficient (Wildman–Crippen LogP) is 5.33. The van der Waals surface area contributed by atoms with Gasteiger partial charge in [-0.1, -0.05) is 23.9 Å². The van der Waals surface area contributed by atoms with E-state index < -0.39 is 20.6 Å². The molecule has 12 nitrogen and oxygen atoms in total. The molecule has 3 aromatic carbocycles. The third-order valence-electron chi connectivity index (χ3n) is 5.77. The Labute approximate surface area is 241 Å². The minimum atomic E-state index is -4.15. The Morgan fingerprint density at radius 3 is 2.41 bits per heavy atom. The zero-order valence-electron chi connectivity index (χ0n) is 22.3. The van der Waals surface area contributed by atoms with Crippen LogP contribution in [0.25, 0.3) is 0 Å². The summed E-state index contributed by atoms with van der Waals surface area (Å²) in [6.45, 7) is 1.74. The monoisotopic (exact) mass is 594 g/mol. The van der Waals surface area contributed by atoms with Crippen molar-refractivity contribution < 1.29 is 22.8 Å². The average molecular weight is 595 g/mol. The second-order valence-corrected chi connectivity index (χ2v) is 11.0. The Morgan fingerprint density at radius 2 is 1.71 bits per heavy atom. The third-order valence-corrected chi connectivity index (χ3v) is 8.06. The summed E-state index contributed by atoms with van der Waals surface area (Å²) in [6.07, 6.45) is 3.34. The molecule has 2 N–H and O–H groups in total. The fourth-order valence-electron chi connectivity index (χ4n) is 3.68. The average Bonchev–Trinajstić information content (AvgIpc) is 2.99. The number of hydrazone groups is 1. The van der Waals surface area contributed by atoms with E-state index >= 15 is 0 Å². The maximum atomic E-state index is 13.0. The van der Waals surface area contributed by atoms with Gasteiger partial charge in [0.1, 0.15) is 17.2 Å². The van der Waals surface area contributed by atoms with E-state index in [2.05, 4.69) is 25.2 Å². The Morgan fingerprint density at radius 1 is 0.976 bits per heavy atom. The molecular formula is C27H26N6O6S2. The van der Waals surface area contributed by atoms with E-state index in [1.807, 2.05) is 18.2 Å². The molecule has 0 atom stereocenters. The summed E-state index contributed by atoms with van der Waals surface area (Å²) in [6, 6.07) is 17.2. The molecule has 0 saturated carbocycles. The third kappa shape index (κ3) is 7.29. The summed E-state index contributed by atoms with van der Waals surface area (Å²) in [5, 5.41) is 16.8. The topological polar surface area (TPSA) is 158 Å². The number of nitro groups is 1. The summed E-state index contributed by atoms with van der Waals surface area (Å²) in [5.74, 6) is 1.54. The Hall–Kier alpha value is -4.69. The highest BCUT2D eigenvalue weighted by atomic mass is 32.2. The lowest BCUT2D eigenvalue weighted by molar-refractivity contribution is -0.384. The molecule has 0 unspecified atom stereocenters. The highest BCUT2D eigenvalue weighted by Crippen LogP contribution is 2.31. The zero-order chi connectivity index (χ0) is 29.4.